The van der Waals surface area contributed by atoms with Crippen molar-refractivity contribution >= 4 is 11.7 Å². The Kier molecular flexibility index (Phi) is 6.58. The summed E-state index contributed by atoms with van der Waals surface area (Å²) >= 11 is 0. The van der Waals surface area contributed by atoms with Crippen molar-refractivity contribution in [2.75, 3.05) is 26.8 Å². The predicted molar refractivity (Wildman–Crippen MR) is 73.9 cm³/mol. The Labute approximate surface area is 118 Å². The molecule has 0 saturated heterocycles. The summed E-state index contributed by atoms with van der Waals surface area (Å²) in [4.78, 5) is 13.9. The van der Waals surface area contributed by atoms with E-state index in [1.165, 1.54) is 0 Å². The van der Waals surface area contributed by atoms with Crippen LogP contribution in [0.3, 0.4) is 0 Å². The maximum absolute atomic E-state index is 12.3. The Balaban J connectivity index is 2.72. The van der Waals surface area contributed by atoms with Crippen molar-refractivity contribution < 1.29 is 19.2 Å². The van der Waals surface area contributed by atoms with E-state index in [0.29, 0.717) is 19.7 Å². The number of carbonyl (C=O) groups excluding carboxylic acids is 1. The molecule has 0 aliphatic heterocycles. The van der Waals surface area contributed by atoms with Gasteiger partial charge in [-0.3, -0.25) is 4.79 Å². The number of rotatable bonds is 8. The molecule has 0 saturated carbocycles. The molecule has 20 heavy (non-hydrogen) atoms. The number of nitrogens with two attached hydrogens (primary N) is 1. The summed E-state index contributed by atoms with van der Waals surface area (Å²) in [6, 6.07) is 3.44. The van der Waals surface area contributed by atoms with E-state index in [2.05, 4.69) is 5.16 Å². The van der Waals surface area contributed by atoms with Gasteiger partial charge in [0.25, 0.3) is 5.91 Å². The quantitative estimate of drug-likeness (QED) is 0.321. The molecule has 7 heteroatoms. The lowest BCUT2D eigenvalue weighted by Crippen LogP contribution is -2.36. The average molecular weight is 283 g/mol. The van der Waals surface area contributed by atoms with Crippen molar-refractivity contribution in [3.05, 3.63) is 23.7 Å². The lowest BCUT2D eigenvalue weighted by molar-refractivity contribution is 0.0668. The zero-order chi connectivity index (χ0) is 15.0. The molecule has 112 valence electrons. The van der Waals surface area contributed by atoms with Crippen molar-refractivity contribution in [3.8, 4) is 0 Å². The molecule has 0 atom stereocenters. The Hall–Kier alpha value is -2.02. The van der Waals surface area contributed by atoms with Gasteiger partial charge in [-0.05, 0) is 12.1 Å². The lowest BCUT2D eigenvalue weighted by atomic mass is 10.3. The first kappa shape index (κ1) is 16.0. The minimum atomic E-state index is -0.229. The van der Waals surface area contributed by atoms with E-state index >= 15 is 0 Å². The Morgan fingerprint density at radius 3 is 2.80 bits per heavy atom. The normalized spacial score (nSPS) is 11.6. The fourth-order valence-corrected chi connectivity index (χ4v) is 1.65. The second kappa shape index (κ2) is 8.21. The van der Waals surface area contributed by atoms with Gasteiger partial charge >= 0.3 is 0 Å². The summed E-state index contributed by atoms with van der Waals surface area (Å²) < 4.78 is 10.4. The van der Waals surface area contributed by atoms with Crippen molar-refractivity contribution in [2.45, 2.75) is 19.8 Å². The van der Waals surface area contributed by atoms with E-state index in [0.717, 1.165) is 12.2 Å². The first-order valence-corrected chi connectivity index (χ1v) is 6.45. The van der Waals surface area contributed by atoms with Crippen LogP contribution in [0.5, 0.6) is 0 Å². The highest BCUT2D eigenvalue weighted by Gasteiger charge is 2.19. The first-order valence-electron chi connectivity index (χ1n) is 6.45. The van der Waals surface area contributed by atoms with Crippen molar-refractivity contribution in [1.82, 2.24) is 4.90 Å². The zero-order valence-electron chi connectivity index (χ0n) is 11.8. The van der Waals surface area contributed by atoms with Gasteiger partial charge in [0.1, 0.15) is 11.6 Å². The van der Waals surface area contributed by atoms with Crippen LogP contribution in [0.4, 0.5) is 0 Å². The second-order valence-electron chi connectivity index (χ2n) is 4.25. The first-order chi connectivity index (χ1) is 9.62. The fraction of sp³-hybridized carbons (Fsp3) is 0.538. The minimum absolute atomic E-state index is 0.0777. The average Bonchev–Trinajstić information content (AvgIpc) is 2.95. The number of nitrogens with zero attached hydrogens (tertiary/aromatic N) is 2. The van der Waals surface area contributed by atoms with E-state index in [4.69, 9.17) is 20.1 Å². The number of amides is 1. The van der Waals surface area contributed by atoms with E-state index < -0.39 is 0 Å². The highest BCUT2D eigenvalue weighted by atomic mass is 16.5. The molecule has 0 aliphatic carbocycles. The molecule has 0 unspecified atom stereocenters. The van der Waals surface area contributed by atoms with Crippen molar-refractivity contribution in [3.63, 3.8) is 0 Å². The summed E-state index contributed by atoms with van der Waals surface area (Å²) in [7, 11) is 1.56. The highest BCUT2D eigenvalue weighted by Crippen LogP contribution is 2.11. The molecule has 1 rings (SSSR count). The summed E-state index contributed by atoms with van der Waals surface area (Å²) in [5.41, 5.74) is 5.42. The SMILES string of the molecule is CCc1ccc(C(=O)N(CCOC)CCC(N)=NO)o1. The third-order valence-electron chi connectivity index (χ3n) is 2.84. The molecule has 0 aliphatic rings. The molecule has 0 radical (unpaired) electrons. The molecular formula is C13H21N3O4. The van der Waals surface area contributed by atoms with Gasteiger partial charge in [0, 0.05) is 33.0 Å². The summed E-state index contributed by atoms with van der Waals surface area (Å²) in [5.74, 6) is 0.898. The number of ether oxygens (including phenoxy) is 1. The third kappa shape index (κ3) is 4.58. The van der Waals surface area contributed by atoms with Crippen LogP contribution in [-0.4, -0.2) is 48.7 Å². The summed E-state index contributed by atoms with van der Waals surface area (Å²) in [5, 5.41) is 11.4. The monoisotopic (exact) mass is 283 g/mol. The smallest absolute Gasteiger partial charge is 0.289 e. The zero-order valence-corrected chi connectivity index (χ0v) is 11.8. The van der Waals surface area contributed by atoms with Gasteiger partial charge < -0.3 is 25.0 Å². The number of oxime groups is 1. The van der Waals surface area contributed by atoms with Gasteiger partial charge in [-0.15, -0.1) is 0 Å². The molecular weight excluding hydrogens is 262 g/mol. The topological polar surface area (TPSA) is 101 Å². The second-order valence-corrected chi connectivity index (χ2v) is 4.25. The van der Waals surface area contributed by atoms with Crippen LogP contribution in [0.15, 0.2) is 21.7 Å². The van der Waals surface area contributed by atoms with Crippen LogP contribution in [-0.2, 0) is 11.2 Å². The van der Waals surface area contributed by atoms with Crippen LogP contribution >= 0.6 is 0 Å². The number of methoxy groups -OCH3 is 1. The molecule has 1 heterocycles. The standard InChI is InChI=1S/C13H21N3O4/c1-3-10-4-5-11(20-10)13(17)16(8-9-19-2)7-6-12(14)15-18/h4-5,18H,3,6-9H2,1-2H3,(H2,14,15). The molecule has 1 aromatic heterocycles. The Bertz CT molecular complexity index is 456. The number of hydrogen-bond acceptors (Lipinski definition) is 5. The summed E-state index contributed by atoms with van der Waals surface area (Å²) in [6.07, 6.45) is 1.02. The van der Waals surface area contributed by atoms with Crippen LogP contribution in [0.2, 0.25) is 0 Å². The van der Waals surface area contributed by atoms with Crippen molar-refractivity contribution in [2.24, 2.45) is 10.9 Å². The number of amidine groups is 1. The molecule has 1 aromatic rings. The van der Waals surface area contributed by atoms with Gasteiger partial charge in [-0.25, -0.2) is 0 Å². The van der Waals surface area contributed by atoms with Crippen LogP contribution in [0, 0.1) is 0 Å². The predicted octanol–water partition coefficient (Wildman–Crippen LogP) is 1.07. The lowest BCUT2D eigenvalue weighted by Gasteiger charge is -2.20. The maximum Gasteiger partial charge on any atom is 0.289 e. The molecule has 7 nitrogen and oxygen atoms in total. The van der Waals surface area contributed by atoms with Gasteiger partial charge in [0.05, 0.1) is 6.61 Å². The molecule has 0 bridgehead atoms. The molecule has 0 fully saturated rings. The molecule has 1 amide bonds. The maximum atomic E-state index is 12.3. The van der Waals surface area contributed by atoms with E-state index in [1.807, 2.05) is 6.92 Å². The van der Waals surface area contributed by atoms with E-state index in [1.54, 1.807) is 24.1 Å². The van der Waals surface area contributed by atoms with Crippen LogP contribution < -0.4 is 5.73 Å². The summed E-state index contributed by atoms with van der Waals surface area (Å²) in [6.45, 7) is 3.11. The number of carbonyl (C=O) groups is 1. The van der Waals surface area contributed by atoms with Gasteiger partial charge in [0.2, 0.25) is 0 Å². The molecule has 0 spiro atoms. The molecule has 3 N–H and O–H groups in total. The van der Waals surface area contributed by atoms with E-state index in [-0.39, 0.29) is 23.9 Å². The van der Waals surface area contributed by atoms with Gasteiger partial charge in [-0.1, -0.05) is 12.1 Å². The minimum Gasteiger partial charge on any atom is -0.456 e. The number of aryl methyl sites for hydroxylation is 1. The van der Waals surface area contributed by atoms with E-state index in [9.17, 15) is 4.79 Å². The van der Waals surface area contributed by atoms with Gasteiger partial charge in [0.15, 0.2) is 5.76 Å². The largest absolute Gasteiger partial charge is 0.456 e. The van der Waals surface area contributed by atoms with Crippen molar-refractivity contribution in [1.29, 1.82) is 0 Å². The fourth-order valence-electron chi connectivity index (χ4n) is 1.65. The third-order valence-corrected chi connectivity index (χ3v) is 2.84. The number of furan rings is 1. The molecule has 0 aromatic carbocycles. The van der Waals surface area contributed by atoms with Crippen LogP contribution in [0.1, 0.15) is 29.7 Å². The number of hydrogen-bond donors (Lipinski definition) is 2. The Morgan fingerprint density at radius 2 is 2.25 bits per heavy atom. The highest BCUT2D eigenvalue weighted by molar-refractivity contribution is 5.92. The van der Waals surface area contributed by atoms with Gasteiger partial charge in [-0.2, -0.15) is 0 Å². The Morgan fingerprint density at radius 1 is 1.50 bits per heavy atom. The van der Waals surface area contributed by atoms with Crippen LogP contribution in [0.25, 0.3) is 0 Å².